The van der Waals surface area contributed by atoms with Gasteiger partial charge in [-0.1, -0.05) is 270 Å². The summed E-state index contributed by atoms with van der Waals surface area (Å²) in [5.74, 6) is -2.32. The largest absolute Gasteiger partial charge is 0.472 e. The van der Waals surface area contributed by atoms with Gasteiger partial charge in [0.25, 0.3) is 0 Å². The smallest absolute Gasteiger partial charge is 0.462 e. The van der Waals surface area contributed by atoms with Gasteiger partial charge in [-0.3, -0.25) is 37.3 Å². The van der Waals surface area contributed by atoms with Gasteiger partial charge in [0.05, 0.1) is 26.4 Å². The Bertz CT molecular complexity index is 2540. The Kier molecular flexibility index (Phi) is 72.4. The summed E-state index contributed by atoms with van der Waals surface area (Å²) in [5, 5.41) is 10.6. The number of aliphatic hydroxyl groups excluding tert-OH is 1. The molecule has 0 aliphatic heterocycles. The van der Waals surface area contributed by atoms with Crippen molar-refractivity contribution >= 4 is 39.5 Å². The maximum atomic E-state index is 13.1. The molecule has 19 heteroatoms. The first-order chi connectivity index (χ1) is 50.7. The topological polar surface area (TPSA) is 237 Å². The van der Waals surface area contributed by atoms with E-state index in [9.17, 15) is 43.2 Å². The highest BCUT2D eigenvalue weighted by atomic mass is 31.2. The third-order valence-corrected chi connectivity index (χ3v) is 18.2. The lowest BCUT2D eigenvalue weighted by Crippen LogP contribution is -2.30. The zero-order valence-corrected chi connectivity index (χ0v) is 66.7. The molecule has 0 fully saturated rings. The van der Waals surface area contributed by atoms with Crippen molar-refractivity contribution in [1.29, 1.82) is 0 Å². The Morgan fingerprint density at radius 2 is 0.519 bits per heavy atom. The molecule has 0 aromatic rings. The first-order valence-corrected chi connectivity index (χ1v) is 43.1. The Balaban J connectivity index is 5.47. The minimum atomic E-state index is -5.00. The van der Waals surface area contributed by atoms with E-state index in [2.05, 4.69) is 155 Å². The van der Waals surface area contributed by atoms with Crippen LogP contribution >= 0.6 is 15.6 Å². The lowest BCUT2D eigenvalue weighted by Gasteiger charge is -2.21. The molecule has 0 aromatic heterocycles. The SMILES string of the molecule is CC/C=C\C/C=C\C/C=C\C/C=C\C/C=C\C/C=C\CCC(=O)OC[C@H](COP(=O)(O)OC[C@@H](O)COP(=O)(O)OC[C@@H](COC(=O)CCCCCCC/C=C\C/C=C\CCCCC)OC(=O)CCCCCCC/C=C\C/C=C\CCCCC)OC(=O)CCCCCCC/C=C\C/C=C\CCCCC. The highest BCUT2D eigenvalue weighted by molar-refractivity contribution is 7.47. The van der Waals surface area contributed by atoms with Crippen molar-refractivity contribution in [3.63, 3.8) is 0 Å². The second-order valence-electron chi connectivity index (χ2n) is 26.3. The van der Waals surface area contributed by atoms with E-state index >= 15 is 0 Å². The molecule has 0 heterocycles. The van der Waals surface area contributed by atoms with E-state index in [0.29, 0.717) is 32.1 Å². The molecular weight excluding hydrogens is 1350 g/mol. The van der Waals surface area contributed by atoms with Crippen LogP contribution in [0, 0.1) is 0 Å². The van der Waals surface area contributed by atoms with Crippen LogP contribution in [0.25, 0.3) is 0 Å². The summed E-state index contributed by atoms with van der Waals surface area (Å²) < 4.78 is 68.5. The number of ether oxygens (including phenoxy) is 4. The van der Waals surface area contributed by atoms with Crippen LogP contribution in [0.1, 0.15) is 310 Å². The van der Waals surface area contributed by atoms with Gasteiger partial charge in [-0.05, 0) is 161 Å². The van der Waals surface area contributed by atoms with E-state index in [1.165, 1.54) is 57.8 Å². The van der Waals surface area contributed by atoms with Gasteiger partial charge < -0.3 is 33.8 Å². The summed E-state index contributed by atoms with van der Waals surface area (Å²) >= 11 is 0. The van der Waals surface area contributed by atoms with Crippen molar-refractivity contribution in [2.45, 2.75) is 329 Å². The van der Waals surface area contributed by atoms with Crippen LogP contribution < -0.4 is 0 Å². The van der Waals surface area contributed by atoms with Crippen LogP contribution in [-0.2, 0) is 65.4 Å². The van der Waals surface area contributed by atoms with E-state index in [0.717, 1.165) is 167 Å². The predicted molar refractivity (Wildman–Crippen MR) is 427 cm³/mol. The number of esters is 4. The Labute approximate surface area is 630 Å². The number of unbranched alkanes of at least 4 members (excludes halogenated alkanes) is 24. The van der Waals surface area contributed by atoms with Crippen molar-refractivity contribution in [3.8, 4) is 0 Å². The third-order valence-electron chi connectivity index (χ3n) is 16.3. The highest BCUT2D eigenvalue weighted by Gasteiger charge is 2.30. The summed E-state index contributed by atoms with van der Waals surface area (Å²) in [6, 6.07) is 0. The Hall–Kier alpha value is -5.06. The Morgan fingerprint density at radius 3 is 0.827 bits per heavy atom. The van der Waals surface area contributed by atoms with Crippen LogP contribution in [0.5, 0.6) is 0 Å². The number of phosphoric ester groups is 2. The number of allylic oxidation sites excluding steroid dienone is 24. The molecule has 594 valence electrons. The fraction of sp³-hybridized carbons (Fsp3) is 0.671. The van der Waals surface area contributed by atoms with E-state index in [1.807, 2.05) is 18.2 Å². The van der Waals surface area contributed by atoms with E-state index < -0.39 is 97.5 Å². The third kappa shape index (κ3) is 75.2. The number of phosphoric acid groups is 2. The second-order valence-corrected chi connectivity index (χ2v) is 29.2. The number of rotatable bonds is 74. The molecule has 0 aromatic carbocycles. The summed E-state index contributed by atoms with van der Waals surface area (Å²) in [5.41, 5.74) is 0. The molecule has 0 amide bonds. The Morgan fingerprint density at radius 1 is 0.279 bits per heavy atom. The van der Waals surface area contributed by atoms with Gasteiger partial charge >= 0.3 is 39.5 Å². The molecule has 0 bridgehead atoms. The average Bonchev–Trinajstić information content (AvgIpc) is 0.918. The molecule has 5 atom stereocenters. The summed E-state index contributed by atoms with van der Waals surface area (Å²) in [4.78, 5) is 73.0. The number of aliphatic hydroxyl groups is 1. The van der Waals surface area contributed by atoms with Crippen molar-refractivity contribution in [1.82, 2.24) is 0 Å². The minimum Gasteiger partial charge on any atom is -0.462 e. The first-order valence-electron chi connectivity index (χ1n) is 40.1. The lowest BCUT2D eigenvalue weighted by atomic mass is 10.1. The molecule has 0 radical (unpaired) electrons. The normalized spacial score (nSPS) is 14.6. The van der Waals surface area contributed by atoms with Crippen molar-refractivity contribution in [3.05, 3.63) is 146 Å². The number of carbonyl (C=O) groups excluding carboxylic acids is 4. The van der Waals surface area contributed by atoms with Gasteiger partial charge in [0.1, 0.15) is 19.3 Å². The molecule has 104 heavy (non-hydrogen) atoms. The predicted octanol–water partition coefficient (Wildman–Crippen LogP) is 23.4. The zero-order chi connectivity index (χ0) is 76.0. The maximum Gasteiger partial charge on any atom is 0.472 e. The fourth-order valence-electron chi connectivity index (χ4n) is 10.2. The van der Waals surface area contributed by atoms with Crippen molar-refractivity contribution in [2.24, 2.45) is 0 Å². The molecule has 0 aliphatic rings. The molecule has 2 unspecified atom stereocenters. The zero-order valence-electron chi connectivity index (χ0n) is 64.9. The molecule has 0 rings (SSSR count). The minimum absolute atomic E-state index is 0.0288. The molecule has 0 spiro atoms. The van der Waals surface area contributed by atoms with Gasteiger partial charge in [-0.2, -0.15) is 0 Å². The molecule has 17 nitrogen and oxygen atoms in total. The van der Waals surface area contributed by atoms with Crippen LogP contribution in [0.2, 0.25) is 0 Å². The second kappa shape index (κ2) is 76.1. The van der Waals surface area contributed by atoms with Crippen LogP contribution in [0.3, 0.4) is 0 Å². The number of hydrogen-bond donors (Lipinski definition) is 3. The summed E-state index contributed by atoms with van der Waals surface area (Å²) in [7, 11) is -10.00. The molecule has 0 saturated heterocycles. The molecule has 0 aliphatic carbocycles. The lowest BCUT2D eigenvalue weighted by molar-refractivity contribution is -0.161. The van der Waals surface area contributed by atoms with Gasteiger partial charge in [0.15, 0.2) is 12.2 Å². The van der Waals surface area contributed by atoms with E-state index in [4.69, 9.17) is 37.0 Å². The monoisotopic (exact) mass is 1500 g/mol. The van der Waals surface area contributed by atoms with Crippen molar-refractivity contribution < 1.29 is 80.2 Å². The van der Waals surface area contributed by atoms with Crippen molar-refractivity contribution in [2.75, 3.05) is 39.6 Å². The fourth-order valence-corrected chi connectivity index (χ4v) is 11.7. The van der Waals surface area contributed by atoms with Crippen LogP contribution in [0.15, 0.2) is 146 Å². The molecule has 0 saturated carbocycles. The maximum absolute atomic E-state index is 13.1. The standard InChI is InChI=1S/C85H142O17P2/c1-5-9-13-17-21-25-29-33-37-38-39-40-44-46-50-54-58-62-66-70-83(88)96-76-81(102-85(90)72-68-64-60-56-52-48-43-36-32-28-24-20-16-12-8-4)78-100-104(93,94)98-74-79(86)73-97-103(91,92)99-77-80(101-84(89)71-67-63-59-55-51-47-42-35-31-27-23-19-15-11-7-3)75-95-82(87)69-65-61-57-53-49-45-41-34-30-26-22-18-14-10-6-2/h9,13,21-28,33-37,39-43,46,50,58,62,79-81,86H,5-8,10-12,14-20,29-32,38,44-45,47-49,51-57,59-61,63-78H2,1-4H3,(H,91,92)(H,93,94)/b13-9-,25-21-,26-22-,27-23-,28-24-,37-33-,40-39-,41-34-,42-35-,43-36-,50-46-,62-58-/t79-,80+,81+/m0/s1. The van der Waals surface area contributed by atoms with Crippen LogP contribution in [-0.4, -0.2) is 96.7 Å². The quantitative estimate of drug-likeness (QED) is 0.0169. The summed E-state index contributed by atoms with van der Waals surface area (Å²) in [6.45, 7) is 4.55. The van der Waals surface area contributed by atoms with Gasteiger partial charge in [-0.15, -0.1) is 0 Å². The summed E-state index contributed by atoms with van der Waals surface area (Å²) in [6.07, 6.45) is 86.9. The van der Waals surface area contributed by atoms with Gasteiger partial charge in [0, 0.05) is 25.7 Å². The van der Waals surface area contributed by atoms with Crippen LogP contribution in [0.4, 0.5) is 0 Å². The average molecular weight is 1500 g/mol. The van der Waals surface area contributed by atoms with E-state index in [-0.39, 0.29) is 25.7 Å². The molecule has 3 N–H and O–H groups in total. The highest BCUT2D eigenvalue weighted by Crippen LogP contribution is 2.45. The molecular formula is C85H142O17P2. The van der Waals surface area contributed by atoms with E-state index in [1.54, 1.807) is 0 Å². The number of carbonyl (C=O) groups is 4. The van der Waals surface area contributed by atoms with Gasteiger partial charge in [0.2, 0.25) is 0 Å². The number of hydrogen-bond acceptors (Lipinski definition) is 15. The van der Waals surface area contributed by atoms with Gasteiger partial charge in [-0.25, -0.2) is 9.13 Å². The first kappa shape index (κ1) is 98.9.